The lowest BCUT2D eigenvalue weighted by Gasteiger charge is -2.21. The average molecular weight is 239 g/mol. The maximum Gasteiger partial charge on any atom is 0.0438 e. The molecule has 1 saturated carbocycles. The van der Waals surface area contributed by atoms with Gasteiger partial charge in [0.15, 0.2) is 0 Å². The van der Waals surface area contributed by atoms with E-state index in [0.717, 1.165) is 0 Å². The van der Waals surface area contributed by atoms with Gasteiger partial charge in [0.2, 0.25) is 0 Å². The topological polar surface area (TPSA) is 12.0 Å². The lowest BCUT2D eigenvalue weighted by Crippen LogP contribution is -2.34. The van der Waals surface area contributed by atoms with Gasteiger partial charge in [0.1, 0.15) is 0 Å². The van der Waals surface area contributed by atoms with Gasteiger partial charge in [-0.05, 0) is 30.5 Å². The molecule has 0 spiro atoms. The normalized spacial score (nSPS) is 18.1. The molecule has 0 amide bonds. The Morgan fingerprint density at radius 3 is 2.27 bits per heavy atom. The number of rotatable bonds is 4. The van der Waals surface area contributed by atoms with Crippen molar-refractivity contribution in [3.8, 4) is 0 Å². The molecular weight excluding hydrogens is 222 g/mol. The zero-order valence-corrected chi connectivity index (χ0v) is 10.9. The number of nitrogens with one attached hydrogen (secondary N) is 1. The molecule has 0 saturated heterocycles. The summed E-state index contributed by atoms with van der Waals surface area (Å²) in [5, 5.41) is 3.66. The first kappa shape index (κ1) is 11.4. The van der Waals surface area contributed by atoms with Gasteiger partial charge in [0.05, 0.1) is 0 Å². The van der Waals surface area contributed by atoms with Crippen LogP contribution in [0.1, 0.15) is 32.3 Å². The van der Waals surface area contributed by atoms with Crippen LogP contribution >= 0.6 is 22.5 Å². The van der Waals surface area contributed by atoms with E-state index in [2.05, 4.69) is 55.1 Å². The van der Waals surface area contributed by atoms with Crippen LogP contribution in [0.5, 0.6) is 0 Å². The monoisotopic (exact) mass is 239 g/mol. The minimum Gasteiger partial charge on any atom is -0.305 e. The van der Waals surface area contributed by atoms with Crippen LogP contribution in [0.25, 0.3) is 0 Å². The lowest BCUT2D eigenvalue weighted by atomic mass is 10.0. The summed E-state index contributed by atoms with van der Waals surface area (Å²) in [5.41, 5.74) is 1.69. The van der Waals surface area contributed by atoms with E-state index in [0.29, 0.717) is 6.04 Å². The van der Waals surface area contributed by atoms with E-state index < -0.39 is 0 Å². The second-order valence-corrected chi connectivity index (χ2v) is 5.70. The maximum absolute atomic E-state index is 4.19. The summed E-state index contributed by atoms with van der Waals surface area (Å²) in [6, 6.07) is 9.29. The molecule has 1 N–H and O–H groups in total. The van der Waals surface area contributed by atoms with Crippen molar-refractivity contribution in [2.24, 2.45) is 0 Å². The molecule has 1 aliphatic rings. The van der Waals surface area contributed by atoms with E-state index in [4.69, 9.17) is 0 Å². The molecule has 1 nitrogen and oxygen atoms in total. The van der Waals surface area contributed by atoms with E-state index >= 15 is 0 Å². The Kier molecular flexibility index (Phi) is 3.33. The molecule has 3 heteroatoms. The largest absolute Gasteiger partial charge is 0.305 e. The highest BCUT2D eigenvalue weighted by Gasteiger charge is 2.44. The van der Waals surface area contributed by atoms with Gasteiger partial charge in [-0.25, -0.2) is 0 Å². The van der Waals surface area contributed by atoms with E-state index in [1.807, 2.05) is 0 Å². The van der Waals surface area contributed by atoms with E-state index in [9.17, 15) is 0 Å². The zero-order valence-electron chi connectivity index (χ0n) is 9.16. The highest BCUT2D eigenvalue weighted by Crippen LogP contribution is 2.46. The van der Waals surface area contributed by atoms with Crippen LogP contribution in [0, 0.1) is 0 Å². The Balaban J connectivity index is 2.15. The van der Waals surface area contributed by atoms with Crippen molar-refractivity contribution in [3.05, 3.63) is 29.8 Å². The molecule has 1 aromatic rings. The fraction of sp³-hybridized carbons (Fsp3) is 0.500. The van der Waals surface area contributed by atoms with E-state index in [1.165, 1.54) is 34.1 Å². The Labute approximate surface area is 101 Å². The molecule has 82 valence electrons. The van der Waals surface area contributed by atoms with Gasteiger partial charge in [-0.3, -0.25) is 0 Å². The Hall–Kier alpha value is -0.120. The molecule has 2 rings (SSSR count). The number of benzene rings is 1. The SMILES string of the molecule is CC(C)NC1(c2ccc(SS)cc2)CC1. The van der Waals surface area contributed by atoms with E-state index in [-0.39, 0.29) is 5.54 Å². The van der Waals surface area contributed by atoms with Crippen molar-refractivity contribution in [1.29, 1.82) is 0 Å². The lowest BCUT2D eigenvalue weighted by molar-refractivity contribution is 0.461. The quantitative estimate of drug-likeness (QED) is 0.615. The maximum atomic E-state index is 4.19. The van der Waals surface area contributed by atoms with Crippen molar-refractivity contribution in [2.75, 3.05) is 0 Å². The third kappa shape index (κ3) is 2.52. The summed E-state index contributed by atoms with van der Waals surface area (Å²) in [4.78, 5) is 1.21. The summed E-state index contributed by atoms with van der Waals surface area (Å²) >= 11 is 4.19. The molecule has 15 heavy (non-hydrogen) atoms. The Morgan fingerprint density at radius 2 is 1.87 bits per heavy atom. The minimum absolute atomic E-state index is 0.272. The van der Waals surface area contributed by atoms with Crippen molar-refractivity contribution in [3.63, 3.8) is 0 Å². The number of hydrogen-bond acceptors (Lipinski definition) is 3. The molecule has 1 fully saturated rings. The first-order valence-electron chi connectivity index (χ1n) is 5.36. The van der Waals surface area contributed by atoms with Crippen LogP contribution in [0.3, 0.4) is 0 Å². The first-order chi connectivity index (χ1) is 7.16. The van der Waals surface area contributed by atoms with Crippen LogP contribution in [-0.4, -0.2) is 6.04 Å². The predicted molar refractivity (Wildman–Crippen MR) is 70.5 cm³/mol. The molecule has 0 aromatic heterocycles. The standard InChI is InChI=1S/C12H17NS2/c1-9(2)13-12(7-8-12)10-3-5-11(15-14)6-4-10/h3-6,9,13-14H,7-8H2,1-2H3. The highest BCUT2D eigenvalue weighted by atomic mass is 33.1. The van der Waals surface area contributed by atoms with Gasteiger partial charge >= 0.3 is 0 Å². The van der Waals surface area contributed by atoms with Crippen LogP contribution in [0.15, 0.2) is 29.2 Å². The molecule has 0 aliphatic heterocycles. The summed E-state index contributed by atoms with van der Waals surface area (Å²) in [6.45, 7) is 4.41. The molecule has 0 bridgehead atoms. The van der Waals surface area contributed by atoms with Crippen molar-refractivity contribution >= 4 is 22.5 Å². The molecule has 1 aliphatic carbocycles. The van der Waals surface area contributed by atoms with Crippen molar-refractivity contribution < 1.29 is 0 Å². The van der Waals surface area contributed by atoms with Crippen LogP contribution in [0.2, 0.25) is 0 Å². The number of hydrogen-bond donors (Lipinski definition) is 2. The van der Waals surface area contributed by atoms with Gasteiger partial charge < -0.3 is 5.32 Å². The average Bonchev–Trinajstić information content (AvgIpc) is 2.98. The number of thiol groups is 1. The smallest absolute Gasteiger partial charge is 0.0438 e. The molecule has 1 aromatic carbocycles. The Bertz CT molecular complexity index is 328. The third-order valence-electron chi connectivity index (χ3n) is 2.83. The van der Waals surface area contributed by atoms with Gasteiger partial charge in [-0.1, -0.05) is 36.8 Å². The fourth-order valence-corrected chi connectivity index (χ4v) is 2.65. The second-order valence-electron chi connectivity index (χ2n) is 4.50. The minimum atomic E-state index is 0.272. The van der Waals surface area contributed by atoms with Gasteiger partial charge in [0, 0.05) is 16.5 Å². The summed E-state index contributed by atoms with van der Waals surface area (Å²) in [7, 11) is 1.50. The van der Waals surface area contributed by atoms with Crippen LogP contribution in [0.4, 0.5) is 0 Å². The molecule has 0 radical (unpaired) electrons. The summed E-state index contributed by atoms with van der Waals surface area (Å²) < 4.78 is 0. The van der Waals surface area contributed by atoms with E-state index in [1.54, 1.807) is 0 Å². The molecular formula is C12H17NS2. The summed E-state index contributed by atoms with van der Waals surface area (Å²) in [5.74, 6) is 0. The molecule has 0 heterocycles. The fourth-order valence-electron chi connectivity index (χ4n) is 2.03. The first-order valence-corrected chi connectivity index (χ1v) is 7.23. The summed E-state index contributed by atoms with van der Waals surface area (Å²) in [6.07, 6.45) is 2.52. The van der Waals surface area contributed by atoms with Gasteiger partial charge in [-0.15, -0.1) is 11.7 Å². The van der Waals surface area contributed by atoms with Crippen LogP contribution < -0.4 is 5.32 Å². The molecule has 0 unspecified atom stereocenters. The predicted octanol–water partition coefficient (Wildman–Crippen LogP) is 3.61. The van der Waals surface area contributed by atoms with Gasteiger partial charge in [-0.2, -0.15) is 0 Å². The van der Waals surface area contributed by atoms with Gasteiger partial charge in [0.25, 0.3) is 0 Å². The highest BCUT2D eigenvalue weighted by molar-refractivity contribution is 8.68. The van der Waals surface area contributed by atoms with Crippen molar-refractivity contribution in [2.45, 2.75) is 43.2 Å². The second kappa shape index (κ2) is 4.40. The Morgan fingerprint density at radius 1 is 1.27 bits per heavy atom. The van der Waals surface area contributed by atoms with Crippen molar-refractivity contribution in [1.82, 2.24) is 5.32 Å². The zero-order chi connectivity index (χ0) is 10.9. The molecule has 0 atom stereocenters. The third-order valence-corrected chi connectivity index (χ3v) is 3.94. The van der Waals surface area contributed by atoms with Crippen LogP contribution in [-0.2, 0) is 5.54 Å².